The first-order chi connectivity index (χ1) is 13.5. The lowest BCUT2D eigenvalue weighted by Gasteiger charge is -2.21. The van der Waals surface area contributed by atoms with Gasteiger partial charge >= 0.3 is 5.97 Å². The summed E-state index contributed by atoms with van der Waals surface area (Å²) in [6, 6.07) is 11.8. The van der Waals surface area contributed by atoms with Crippen LogP contribution < -0.4 is 5.32 Å². The Morgan fingerprint density at radius 1 is 1.07 bits per heavy atom. The van der Waals surface area contributed by atoms with Gasteiger partial charge in [0, 0.05) is 23.8 Å². The van der Waals surface area contributed by atoms with Gasteiger partial charge in [-0.25, -0.2) is 13.2 Å². The fourth-order valence-electron chi connectivity index (χ4n) is 2.29. The van der Waals surface area contributed by atoms with Crippen molar-refractivity contribution in [1.29, 1.82) is 0 Å². The fourth-order valence-corrected chi connectivity index (χ4v) is 3.83. The molecule has 7 nitrogen and oxygen atoms in total. The van der Waals surface area contributed by atoms with Crippen LogP contribution in [-0.4, -0.2) is 43.8 Å². The topological polar surface area (TPSA) is 92.8 Å². The number of nitrogens with zero attached hydrogens (tertiary/aromatic N) is 1. The van der Waals surface area contributed by atoms with E-state index in [2.05, 4.69) is 5.32 Å². The highest BCUT2D eigenvalue weighted by Gasteiger charge is 2.25. The minimum Gasteiger partial charge on any atom is -0.449 e. The fraction of sp³-hybridized carbons (Fsp3) is 0.300. The Hall–Kier alpha value is -2.42. The summed E-state index contributed by atoms with van der Waals surface area (Å²) in [6.07, 6.45) is -1.09. The number of amides is 1. The first-order valence-corrected chi connectivity index (χ1v) is 10.7. The van der Waals surface area contributed by atoms with E-state index in [9.17, 15) is 18.0 Å². The molecule has 9 heteroatoms. The third-order valence-corrected chi connectivity index (χ3v) is 6.52. The zero-order chi connectivity index (χ0) is 21.8. The lowest BCUT2D eigenvalue weighted by molar-refractivity contribution is -0.123. The Labute approximate surface area is 175 Å². The molecule has 0 aromatic heterocycles. The van der Waals surface area contributed by atoms with E-state index in [1.807, 2.05) is 0 Å². The van der Waals surface area contributed by atoms with Crippen molar-refractivity contribution in [2.24, 2.45) is 0 Å². The van der Waals surface area contributed by atoms with Crippen molar-refractivity contribution < 1.29 is 22.7 Å². The number of hydrogen-bond acceptors (Lipinski definition) is 5. The van der Waals surface area contributed by atoms with E-state index in [0.717, 1.165) is 0 Å². The Kier molecular flexibility index (Phi) is 7.40. The Morgan fingerprint density at radius 3 is 2.28 bits per heavy atom. The Bertz CT molecular complexity index is 990. The number of esters is 1. The predicted molar refractivity (Wildman–Crippen MR) is 111 cm³/mol. The minimum absolute atomic E-state index is 0.0265. The number of anilines is 1. The van der Waals surface area contributed by atoms with E-state index in [1.165, 1.54) is 42.5 Å². The van der Waals surface area contributed by atoms with Gasteiger partial charge in [-0.2, -0.15) is 4.31 Å². The minimum atomic E-state index is -3.75. The van der Waals surface area contributed by atoms with Gasteiger partial charge in [-0.05, 0) is 63.2 Å². The molecule has 0 radical (unpaired) electrons. The van der Waals surface area contributed by atoms with Crippen molar-refractivity contribution in [2.75, 3.05) is 12.4 Å². The number of ether oxygens (including phenoxy) is 1. The van der Waals surface area contributed by atoms with E-state index in [-0.39, 0.29) is 16.5 Å². The summed E-state index contributed by atoms with van der Waals surface area (Å²) in [5.41, 5.74) is 0.543. The van der Waals surface area contributed by atoms with Crippen LogP contribution in [0.3, 0.4) is 0 Å². The maximum Gasteiger partial charge on any atom is 0.338 e. The number of halogens is 1. The monoisotopic (exact) mass is 438 g/mol. The number of carbonyl (C=O) groups is 2. The van der Waals surface area contributed by atoms with E-state index in [1.54, 1.807) is 38.1 Å². The summed E-state index contributed by atoms with van der Waals surface area (Å²) >= 11 is 5.80. The molecule has 0 saturated heterocycles. The van der Waals surface area contributed by atoms with Gasteiger partial charge in [0.15, 0.2) is 6.10 Å². The average Bonchev–Trinajstić information content (AvgIpc) is 2.68. The maximum absolute atomic E-state index is 12.6. The smallest absolute Gasteiger partial charge is 0.338 e. The van der Waals surface area contributed by atoms with Gasteiger partial charge in [-0.3, -0.25) is 4.79 Å². The molecule has 156 valence electrons. The van der Waals surface area contributed by atoms with Crippen LogP contribution in [0.1, 0.15) is 31.1 Å². The second kappa shape index (κ2) is 9.39. The number of sulfonamides is 1. The molecule has 0 spiro atoms. The standard InChI is InChI=1S/C20H23ClN2O5S/c1-13(2)23(4)29(26,27)18-7-5-6-15(12-18)20(25)28-14(3)19(24)22-17-10-8-16(21)9-11-17/h5-14H,1-4H3,(H,22,24). The maximum atomic E-state index is 12.6. The molecule has 0 aliphatic heterocycles. The highest BCUT2D eigenvalue weighted by atomic mass is 35.5. The molecule has 0 saturated carbocycles. The summed E-state index contributed by atoms with van der Waals surface area (Å²) in [5, 5.41) is 3.14. The first kappa shape index (κ1) is 22.9. The summed E-state index contributed by atoms with van der Waals surface area (Å²) < 4.78 is 31.6. The van der Waals surface area contributed by atoms with Gasteiger partial charge in [-0.15, -0.1) is 0 Å². The summed E-state index contributed by atoms with van der Waals surface area (Å²) in [7, 11) is -2.28. The number of hydrogen-bond donors (Lipinski definition) is 1. The van der Waals surface area contributed by atoms with Crippen LogP contribution in [0.4, 0.5) is 5.69 Å². The van der Waals surface area contributed by atoms with Crippen molar-refractivity contribution in [3.8, 4) is 0 Å². The van der Waals surface area contributed by atoms with Gasteiger partial charge < -0.3 is 10.1 Å². The quantitative estimate of drug-likeness (QED) is 0.667. The first-order valence-electron chi connectivity index (χ1n) is 8.88. The normalized spacial score (nSPS) is 12.7. The number of carbonyl (C=O) groups excluding carboxylic acids is 2. The van der Waals surface area contributed by atoms with Crippen molar-refractivity contribution in [3.05, 3.63) is 59.1 Å². The van der Waals surface area contributed by atoms with E-state index < -0.39 is 28.0 Å². The molecule has 0 fully saturated rings. The number of rotatable bonds is 7. The van der Waals surface area contributed by atoms with Gasteiger partial charge in [0.2, 0.25) is 10.0 Å². The van der Waals surface area contributed by atoms with Crippen molar-refractivity contribution in [2.45, 2.75) is 37.8 Å². The van der Waals surface area contributed by atoms with Crippen LogP contribution in [0.25, 0.3) is 0 Å². The Balaban J connectivity index is 2.10. The molecule has 0 heterocycles. The van der Waals surface area contributed by atoms with Gasteiger partial charge in [0.05, 0.1) is 10.5 Å². The third-order valence-electron chi connectivity index (χ3n) is 4.24. The molecule has 29 heavy (non-hydrogen) atoms. The highest BCUT2D eigenvalue weighted by molar-refractivity contribution is 7.89. The highest BCUT2D eigenvalue weighted by Crippen LogP contribution is 2.19. The molecule has 1 N–H and O–H groups in total. The second-order valence-electron chi connectivity index (χ2n) is 6.69. The lowest BCUT2D eigenvalue weighted by Crippen LogP contribution is -2.33. The zero-order valence-corrected chi connectivity index (χ0v) is 18.1. The molecule has 2 aromatic rings. The molecular weight excluding hydrogens is 416 g/mol. The zero-order valence-electron chi connectivity index (χ0n) is 16.5. The van der Waals surface area contributed by atoms with Crippen LogP contribution in [0, 0.1) is 0 Å². The van der Waals surface area contributed by atoms with Crippen LogP contribution in [0.15, 0.2) is 53.4 Å². The molecule has 1 unspecified atom stereocenters. The van der Waals surface area contributed by atoms with E-state index in [4.69, 9.17) is 16.3 Å². The number of benzene rings is 2. The van der Waals surface area contributed by atoms with Crippen LogP contribution in [0.2, 0.25) is 5.02 Å². The van der Waals surface area contributed by atoms with Gasteiger partial charge in [-0.1, -0.05) is 17.7 Å². The molecule has 0 aliphatic rings. The van der Waals surface area contributed by atoms with Crippen molar-refractivity contribution >= 4 is 39.2 Å². The second-order valence-corrected chi connectivity index (χ2v) is 9.12. The lowest BCUT2D eigenvalue weighted by atomic mass is 10.2. The molecule has 0 aliphatic carbocycles. The van der Waals surface area contributed by atoms with E-state index in [0.29, 0.717) is 10.7 Å². The largest absolute Gasteiger partial charge is 0.449 e. The van der Waals surface area contributed by atoms with Crippen molar-refractivity contribution in [3.63, 3.8) is 0 Å². The molecular formula is C20H23ClN2O5S. The molecule has 1 atom stereocenters. The molecule has 1 amide bonds. The average molecular weight is 439 g/mol. The molecule has 0 bridgehead atoms. The Morgan fingerprint density at radius 2 is 1.69 bits per heavy atom. The van der Waals surface area contributed by atoms with Crippen LogP contribution >= 0.6 is 11.6 Å². The summed E-state index contributed by atoms with van der Waals surface area (Å²) in [6.45, 7) is 4.92. The van der Waals surface area contributed by atoms with E-state index >= 15 is 0 Å². The van der Waals surface area contributed by atoms with Gasteiger partial charge in [0.25, 0.3) is 5.91 Å². The van der Waals surface area contributed by atoms with Gasteiger partial charge in [0.1, 0.15) is 0 Å². The predicted octanol–water partition coefficient (Wildman–Crippen LogP) is 3.55. The van der Waals surface area contributed by atoms with Crippen LogP contribution in [0.5, 0.6) is 0 Å². The summed E-state index contributed by atoms with van der Waals surface area (Å²) in [5.74, 6) is -1.32. The van der Waals surface area contributed by atoms with Crippen molar-refractivity contribution in [1.82, 2.24) is 4.31 Å². The molecule has 2 rings (SSSR count). The van der Waals surface area contributed by atoms with Crippen LogP contribution in [-0.2, 0) is 19.6 Å². The SMILES string of the molecule is CC(OC(=O)c1cccc(S(=O)(=O)N(C)C(C)C)c1)C(=O)Nc1ccc(Cl)cc1. The number of nitrogens with one attached hydrogen (secondary N) is 1. The molecule has 2 aromatic carbocycles. The third kappa shape index (κ3) is 5.79. The summed E-state index contributed by atoms with van der Waals surface area (Å²) in [4.78, 5) is 24.6.